The van der Waals surface area contributed by atoms with E-state index in [4.69, 9.17) is 23.2 Å². The number of anilines is 2. The Labute approximate surface area is 176 Å². The maximum atomic E-state index is 6.30. The van der Waals surface area contributed by atoms with Gasteiger partial charge in [-0.25, -0.2) is 9.97 Å². The summed E-state index contributed by atoms with van der Waals surface area (Å²) >= 11 is 14.1. The van der Waals surface area contributed by atoms with Gasteiger partial charge in [-0.3, -0.25) is 4.57 Å². The molecule has 28 heavy (non-hydrogen) atoms. The van der Waals surface area contributed by atoms with E-state index in [0.29, 0.717) is 24.1 Å². The molecule has 2 aromatic carbocycles. The van der Waals surface area contributed by atoms with Gasteiger partial charge in [0.05, 0.1) is 11.0 Å². The SMILES string of the molecule is CCn1c(Nc2nc3ccccc3nc2Cl)nnc1SCc1ccccc1Cl. The minimum atomic E-state index is 0.287. The molecule has 6 nitrogen and oxygen atoms in total. The van der Waals surface area contributed by atoms with Gasteiger partial charge >= 0.3 is 0 Å². The van der Waals surface area contributed by atoms with Crippen molar-refractivity contribution in [3.63, 3.8) is 0 Å². The van der Waals surface area contributed by atoms with Crippen LogP contribution >= 0.6 is 35.0 Å². The van der Waals surface area contributed by atoms with Gasteiger partial charge in [0, 0.05) is 17.3 Å². The molecule has 0 bridgehead atoms. The van der Waals surface area contributed by atoms with Gasteiger partial charge in [0.1, 0.15) is 0 Å². The quantitative estimate of drug-likeness (QED) is 0.402. The second-order valence-electron chi connectivity index (χ2n) is 5.91. The third-order valence-corrected chi connectivity index (χ3v) is 5.75. The Balaban J connectivity index is 1.58. The first-order chi connectivity index (χ1) is 13.7. The lowest BCUT2D eigenvalue weighted by atomic mass is 10.2. The van der Waals surface area contributed by atoms with Crippen LogP contribution in [0.25, 0.3) is 11.0 Å². The lowest BCUT2D eigenvalue weighted by Crippen LogP contribution is -2.05. The number of nitrogens with zero attached hydrogens (tertiary/aromatic N) is 5. The van der Waals surface area contributed by atoms with Crippen LogP contribution in [0, 0.1) is 0 Å². The van der Waals surface area contributed by atoms with Crippen LogP contribution in [0.15, 0.2) is 53.7 Å². The number of fused-ring (bicyclic) bond motifs is 1. The van der Waals surface area contributed by atoms with Crippen molar-refractivity contribution < 1.29 is 0 Å². The summed E-state index contributed by atoms with van der Waals surface area (Å²) in [6, 6.07) is 15.3. The van der Waals surface area contributed by atoms with Crippen LogP contribution in [0.5, 0.6) is 0 Å². The van der Waals surface area contributed by atoms with Gasteiger partial charge in [0.15, 0.2) is 16.1 Å². The topological polar surface area (TPSA) is 68.5 Å². The first-order valence-corrected chi connectivity index (χ1v) is 10.4. The first kappa shape index (κ1) is 19.0. The highest BCUT2D eigenvalue weighted by Gasteiger charge is 2.15. The largest absolute Gasteiger partial charge is 0.306 e. The summed E-state index contributed by atoms with van der Waals surface area (Å²) < 4.78 is 1.97. The number of nitrogens with one attached hydrogen (secondary N) is 1. The molecule has 0 saturated heterocycles. The van der Waals surface area contributed by atoms with E-state index < -0.39 is 0 Å². The molecule has 1 N–H and O–H groups in total. The van der Waals surface area contributed by atoms with Crippen LogP contribution in [-0.4, -0.2) is 24.7 Å². The Morgan fingerprint density at radius 2 is 1.68 bits per heavy atom. The zero-order valence-electron chi connectivity index (χ0n) is 14.9. The van der Waals surface area contributed by atoms with E-state index in [2.05, 4.69) is 25.5 Å². The smallest absolute Gasteiger partial charge is 0.231 e. The summed E-state index contributed by atoms with van der Waals surface area (Å²) in [6.07, 6.45) is 0. The van der Waals surface area contributed by atoms with Crippen molar-refractivity contribution in [2.24, 2.45) is 0 Å². The van der Waals surface area contributed by atoms with E-state index in [1.807, 2.05) is 60.0 Å². The second kappa shape index (κ2) is 8.34. The average molecular weight is 431 g/mol. The highest BCUT2D eigenvalue weighted by atomic mass is 35.5. The molecular weight excluding hydrogens is 415 g/mol. The monoisotopic (exact) mass is 430 g/mol. The molecule has 0 radical (unpaired) electrons. The van der Waals surface area contributed by atoms with E-state index in [1.54, 1.807) is 11.8 Å². The number of para-hydroxylation sites is 2. The summed E-state index contributed by atoms with van der Waals surface area (Å²) in [7, 11) is 0. The molecule has 9 heteroatoms. The summed E-state index contributed by atoms with van der Waals surface area (Å²) in [6.45, 7) is 2.72. The van der Waals surface area contributed by atoms with Crippen molar-refractivity contribution in [1.29, 1.82) is 0 Å². The molecule has 0 aliphatic rings. The van der Waals surface area contributed by atoms with Crippen molar-refractivity contribution in [1.82, 2.24) is 24.7 Å². The predicted molar refractivity (Wildman–Crippen MR) is 115 cm³/mol. The summed E-state index contributed by atoms with van der Waals surface area (Å²) in [4.78, 5) is 8.93. The van der Waals surface area contributed by atoms with Gasteiger partial charge in [-0.2, -0.15) is 0 Å². The van der Waals surface area contributed by atoms with Crippen molar-refractivity contribution in [2.75, 3.05) is 5.32 Å². The van der Waals surface area contributed by atoms with Gasteiger partial charge in [0.25, 0.3) is 0 Å². The van der Waals surface area contributed by atoms with Gasteiger partial charge in [-0.05, 0) is 30.7 Å². The Bertz CT molecular complexity index is 1130. The Kier molecular flexibility index (Phi) is 5.66. The predicted octanol–water partition coefficient (Wildman–Crippen LogP) is 5.58. The van der Waals surface area contributed by atoms with Gasteiger partial charge in [-0.15, -0.1) is 10.2 Å². The molecule has 142 valence electrons. The molecule has 0 fully saturated rings. The maximum absolute atomic E-state index is 6.30. The molecule has 0 saturated carbocycles. The zero-order chi connectivity index (χ0) is 19.5. The third kappa shape index (κ3) is 3.92. The molecule has 0 atom stereocenters. The van der Waals surface area contributed by atoms with Crippen molar-refractivity contribution in [3.8, 4) is 0 Å². The van der Waals surface area contributed by atoms with Crippen molar-refractivity contribution in [3.05, 3.63) is 64.3 Å². The normalized spacial score (nSPS) is 11.1. The average Bonchev–Trinajstić information content (AvgIpc) is 3.09. The van der Waals surface area contributed by atoms with E-state index in [0.717, 1.165) is 26.8 Å². The lowest BCUT2D eigenvalue weighted by molar-refractivity contribution is 0.688. The molecule has 0 unspecified atom stereocenters. The number of aromatic nitrogens is 5. The van der Waals surface area contributed by atoms with E-state index in [9.17, 15) is 0 Å². The van der Waals surface area contributed by atoms with Gasteiger partial charge < -0.3 is 5.32 Å². The maximum Gasteiger partial charge on any atom is 0.231 e. The highest BCUT2D eigenvalue weighted by Crippen LogP contribution is 2.29. The fraction of sp³-hybridized carbons (Fsp3) is 0.158. The number of thioether (sulfide) groups is 1. The highest BCUT2D eigenvalue weighted by molar-refractivity contribution is 7.98. The summed E-state index contributed by atoms with van der Waals surface area (Å²) in [5, 5.41) is 13.5. The molecule has 0 amide bonds. The van der Waals surface area contributed by atoms with Crippen LogP contribution in [0.1, 0.15) is 12.5 Å². The van der Waals surface area contributed by atoms with Gasteiger partial charge in [0.2, 0.25) is 5.95 Å². The summed E-state index contributed by atoms with van der Waals surface area (Å²) in [5.41, 5.74) is 2.55. The number of hydrogen-bond acceptors (Lipinski definition) is 6. The summed E-state index contributed by atoms with van der Waals surface area (Å²) in [5.74, 6) is 1.72. The van der Waals surface area contributed by atoms with E-state index >= 15 is 0 Å². The minimum absolute atomic E-state index is 0.287. The van der Waals surface area contributed by atoms with E-state index in [-0.39, 0.29) is 5.15 Å². The molecule has 4 aromatic rings. The second-order valence-corrected chi connectivity index (χ2v) is 7.61. The Hall–Kier alpha value is -2.35. The molecule has 0 aliphatic carbocycles. The minimum Gasteiger partial charge on any atom is -0.306 e. The fourth-order valence-electron chi connectivity index (χ4n) is 2.69. The number of rotatable bonds is 6. The zero-order valence-corrected chi connectivity index (χ0v) is 17.3. The van der Waals surface area contributed by atoms with Crippen LogP contribution in [0.2, 0.25) is 10.2 Å². The van der Waals surface area contributed by atoms with Crippen LogP contribution in [0.3, 0.4) is 0 Å². The Morgan fingerprint density at radius 1 is 0.964 bits per heavy atom. The Morgan fingerprint density at radius 3 is 2.43 bits per heavy atom. The molecular formula is C19H16Cl2N6S. The molecule has 2 aromatic heterocycles. The number of halogens is 2. The van der Waals surface area contributed by atoms with Gasteiger partial charge in [-0.1, -0.05) is 65.3 Å². The molecule has 0 spiro atoms. The number of hydrogen-bond donors (Lipinski definition) is 1. The molecule has 4 rings (SSSR count). The standard InChI is InChI=1S/C19H16Cl2N6S/c1-2-27-18(24-17-16(21)22-14-9-5-6-10-15(14)23-17)25-26-19(27)28-11-12-7-3-4-8-13(12)20/h3-10H,2,11H2,1H3,(H,23,24,25). The lowest BCUT2D eigenvalue weighted by Gasteiger charge is -2.10. The molecule has 0 aliphatic heterocycles. The van der Waals surface area contributed by atoms with Crippen LogP contribution in [0.4, 0.5) is 11.8 Å². The van der Waals surface area contributed by atoms with E-state index in [1.165, 1.54) is 0 Å². The van der Waals surface area contributed by atoms with Crippen LogP contribution < -0.4 is 5.32 Å². The number of benzene rings is 2. The third-order valence-electron chi connectivity index (χ3n) is 4.11. The van der Waals surface area contributed by atoms with Crippen LogP contribution in [-0.2, 0) is 12.3 Å². The fourth-order valence-corrected chi connectivity index (χ4v) is 4.16. The molecule has 2 heterocycles. The van der Waals surface area contributed by atoms with Crippen molar-refractivity contribution >= 4 is 57.8 Å². The first-order valence-electron chi connectivity index (χ1n) is 8.64. The van der Waals surface area contributed by atoms with Crippen molar-refractivity contribution in [2.45, 2.75) is 24.4 Å².